The number of hydrogen-bond donors (Lipinski definition) is 3. The first-order valence-electron chi connectivity index (χ1n) is 21.1. The molecule has 0 aliphatic carbocycles. The summed E-state index contributed by atoms with van der Waals surface area (Å²) in [7, 11) is -4.09. The summed E-state index contributed by atoms with van der Waals surface area (Å²) in [6.45, 7) is 16.3. The van der Waals surface area contributed by atoms with E-state index in [0.29, 0.717) is 56.4 Å². The Bertz CT molecular complexity index is 2310. The van der Waals surface area contributed by atoms with Crippen LogP contribution in [0.15, 0.2) is 101 Å². The zero-order chi connectivity index (χ0) is 44.1. The monoisotopic (exact) mass is 850 g/mol. The van der Waals surface area contributed by atoms with Crippen LogP contribution in [0.25, 0.3) is 0 Å². The number of hydrogen-bond acceptors (Lipinski definition) is 8. The third-order valence-electron chi connectivity index (χ3n) is 11.4. The molecule has 61 heavy (non-hydrogen) atoms. The molecule has 0 saturated carbocycles. The minimum absolute atomic E-state index is 0.0329. The molecule has 13 heteroatoms. The molecule has 4 N–H and O–H groups in total. The molecule has 1 saturated heterocycles. The van der Waals surface area contributed by atoms with Gasteiger partial charge in [0.1, 0.15) is 17.0 Å². The molecule has 0 radical (unpaired) electrons. The van der Waals surface area contributed by atoms with Crippen LogP contribution < -0.4 is 20.5 Å². The number of carbonyl (C=O) groups is 2. The molecule has 2 aliphatic rings. The molecule has 0 aromatic heterocycles. The normalized spacial score (nSPS) is 18.6. The number of nitrogens with two attached hydrogens (primary N) is 1. The Morgan fingerprint density at radius 2 is 1.48 bits per heavy atom. The summed E-state index contributed by atoms with van der Waals surface area (Å²) in [6.07, 6.45) is 1.41. The number of nitrogens with zero attached hydrogens (tertiary/aromatic N) is 3. The van der Waals surface area contributed by atoms with Crippen LogP contribution in [-0.4, -0.2) is 78.6 Å². The van der Waals surface area contributed by atoms with Crippen molar-refractivity contribution in [2.75, 3.05) is 13.1 Å². The average Bonchev–Trinajstić information content (AvgIpc) is 3.53. The fourth-order valence-corrected chi connectivity index (χ4v) is 10.1. The Balaban J connectivity index is 1.29. The Morgan fingerprint density at radius 3 is 2.07 bits per heavy atom. The van der Waals surface area contributed by atoms with Crippen molar-refractivity contribution in [3.05, 3.63) is 130 Å². The van der Waals surface area contributed by atoms with Crippen molar-refractivity contribution in [3.8, 4) is 5.75 Å². The van der Waals surface area contributed by atoms with Gasteiger partial charge in [0.05, 0.1) is 17.0 Å². The number of piperazine rings is 1. The number of ether oxygens (including phenoxy) is 2. The van der Waals surface area contributed by atoms with Crippen molar-refractivity contribution in [2.24, 2.45) is 10.7 Å². The smallest absolute Gasteiger partial charge is 0.407 e. The van der Waals surface area contributed by atoms with Gasteiger partial charge < -0.3 is 25.4 Å². The lowest BCUT2D eigenvalue weighted by atomic mass is 9.91. The maximum absolute atomic E-state index is 14.8. The Morgan fingerprint density at radius 1 is 0.902 bits per heavy atom. The first-order valence-corrected chi connectivity index (χ1v) is 22.6. The second-order valence-corrected chi connectivity index (χ2v) is 19.6. The number of guanidine groups is 1. The van der Waals surface area contributed by atoms with Gasteiger partial charge in [0, 0.05) is 44.2 Å². The van der Waals surface area contributed by atoms with Crippen molar-refractivity contribution >= 4 is 28.0 Å². The molecule has 4 aromatic rings. The van der Waals surface area contributed by atoms with Gasteiger partial charge in [0.25, 0.3) is 10.0 Å². The molecule has 0 spiro atoms. The van der Waals surface area contributed by atoms with E-state index in [-0.39, 0.29) is 29.3 Å². The van der Waals surface area contributed by atoms with Crippen LogP contribution >= 0.6 is 0 Å². The first kappa shape index (κ1) is 45.1. The lowest BCUT2D eigenvalue weighted by Crippen LogP contribution is -2.67. The largest absolute Gasteiger partial charge is 0.487 e. The minimum atomic E-state index is -4.09. The van der Waals surface area contributed by atoms with Crippen molar-refractivity contribution in [1.82, 2.24) is 19.8 Å². The van der Waals surface area contributed by atoms with E-state index in [1.165, 1.54) is 0 Å². The highest BCUT2D eigenvalue weighted by molar-refractivity contribution is 7.90. The maximum Gasteiger partial charge on any atom is 0.407 e. The highest BCUT2D eigenvalue weighted by Crippen LogP contribution is 2.43. The molecule has 2 aliphatic heterocycles. The number of rotatable bonds is 14. The number of sulfonamides is 1. The van der Waals surface area contributed by atoms with Gasteiger partial charge in [0.2, 0.25) is 11.9 Å². The molecule has 0 bridgehead atoms. The van der Waals surface area contributed by atoms with Crippen molar-refractivity contribution < 1.29 is 27.5 Å². The predicted molar refractivity (Wildman–Crippen MR) is 240 cm³/mol. The Hall–Kier alpha value is -5.40. The van der Waals surface area contributed by atoms with E-state index >= 15 is 0 Å². The molecular formula is C48H62N6O6S. The number of alkyl carbamates (subject to hydrolysis) is 1. The summed E-state index contributed by atoms with van der Waals surface area (Å²) >= 11 is 0. The lowest BCUT2D eigenvalue weighted by molar-refractivity contribution is -0.148. The van der Waals surface area contributed by atoms with E-state index in [4.69, 9.17) is 15.2 Å². The quantitative estimate of drug-likeness (QED) is 0.0689. The van der Waals surface area contributed by atoms with Gasteiger partial charge >= 0.3 is 6.09 Å². The Kier molecular flexibility index (Phi) is 13.8. The first-order chi connectivity index (χ1) is 28.8. The fourth-order valence-electron chi connectivity index (χ4n) is 8.58. The topological polar surface area (TPSA) is 156 Å². The van der Waals surface area contributed by atoms with Crippen molar-refractivity contribution in [2.45, 2.75) is 128 Å². The standard InChI is InChI=1S/C48H62N6O6S/c1-32-33(2)43(34(3)38-28-48(7,8)59-42(32)38)61(57,58)52-45(49)50-26-18-25-40-44(55)53(29-36-21-14-10-15-22-36)31-41(54(40)30-37-23-16-11-17-24-37)39(27-35-19-12-9-13-20-35)51-46(56)60-47(4,5)6/h9-17,19-24,39-41H,18,25-31H2,1-8H3,(H,51,56)(H3,49,50,52)/t39-,40-,41+/m0/s1. The van der Waals surface area contributed by atoms with Gasteiger partial charge in [-0.2, -0.15) is 0 Å². The van der Waals surface area contributed by atoms with Gasteiger partial charge in [0.15, 0.2) is 0 Å². The predicted octanol–water partition coefficient (Wildman–Crippen LogP) is 7.12. The van der Waals surface area contributed by atoms with Gasteiger partial charge in [-0.3, -0.25) is 14.7 Å². The third kappa shape index (κ3) is 11.3. The fraction of sp³-hybridized carbons (Fsp3) is 0.438. The van der Waals surface area contributed by atoms with Crippen LogP contribution in [0, 0.1) is 20.8 Å². The zero-order valence-electron chi connectivity index (χ0n) is 36.8. The molecule has 1 fully saturated rings. The summed E-state index contributed by atoms with van der Waals surface area (Å²) in [5.74, 6) is 0.489. The zero-order valence-corrected chi connectivity index (χ0v) is 37.6. The van der Waals surface area contributed by atoms with E-state index < -0.39 is 39.4 Å². The second-order valence-electron chi connectivity index (χ2n) is 18.0. The Labute approximate surface area is 362 Å². The van der Waals surface area contributed by atoms with Gasteiger partial charge in [-0.1, -0.05) is 91.0 Å². The number of carbonyl (C=O) groups excluding carboxylic acids is 2. The van der Waals surface area contributed by atoms with Crippen LogP contribution in [0.1, 0.15) is 86.4 Å². The van der Waals surface area contributed by atoms with Crippen LogP contribution in [-0.2, 0) is 45.5 Å². The van der Waals surface area contributed by atoms with Crippen molar-refractivity contribution in [1.29, 1.82) is 0 Å². The summed E-state index contributed by atoms with van der Waals surface area (Å²) < 4.78 is 42.3. The molecule has 2 heterocycles. The molecule has 0 unspecified atom stereocenters. The van der Waals surface area contributed by atoms with Crippen LogP contribution in [0.5, 0.6) is 5.75 Å². The molecule has 12 nitrogen and oxygen atoms in total. The van der Waals surface area contributed by atoms with Gasteiger partial charge in [-0.15, -0.1) is 0 Å². The van der Waals surface area contributed by atoms with E-state index in [1.54, 1.807) is 6.92 Å². The number of aliphatic imine (C=N–C) groups is 1. The average molecular weight is 851 g/mol. The second kappa shape index (κ2) is 18.7. The summed E-state index contributed by atoms with van der Waals surface area (Å²) in [6, 6.07) is 28.5. The van der Waals surface area contributed by atoms with E-state index in [1.807, 2.05) is 144 Å². The third-order valence-corrected chi connectivity index (χ3v) is 13.1. The SMILES string of the molecule is Cc1c(C)c(S(=O)(=O)NC(N)=NCCC[C@H]2C(=O)N(Cc3ccccc3)C[C@H]([C@H](Cc3ccccc3)NC(=O)OC(C)(C)C)N2Cc2ccccc2)c(C)c2c1OC(C)(C)C2. The highest BCUT2D eigenvalue weighted by atomic mass is 32.2. The summed E-state index contributed by atoms with van der Waals surface area (Å²) in [5, 5.41) is 3.22. The van der Waals surface area contributed by atoms with Gasteiger partial charge in [-0.05, 0) is 108 Å². The van der Waals surface area contributed by atoms with Crippen LogP contribution in [0.2, 0.25) is 0 Å². The minimum Gasteiger partial charge on any atom is -0.487 e. The van der Waals surface area contributed by atoms with E-state index in [0.717, 1.165) is 33.6 Å². The lowest BCUT2D eigenvalue weighted by Gasteiger charge is -2.49. The molecular weight excluding hydrogens is 789 g/mol. The van der Waals surface area contributed by atoms with E-state index in [2.05, 4.69) is 19.9 Å². The molecule has 2 amide bonds. The summed E-state index contributed by atoms with van der Waals surface area (Å²) in [5.41, 5.74) is 11.1. The highest BCUT2D eigenvalue weighted by Gasteiger charge is 2.44. The number of nitrogens with one attached hydrogen (secondary N) is 2. The molecule has 6 rings (SSSR count). The summed E-state index contributed by atoms with van der Waals surface area (Å²) in [4.78, 5) is 37.1. The molecule has 4 aromatic carbocycles. The van der Waals surface area contributed by atoms with Crippen LogP contribution in [0.3, 0.4) is 0 Å². The van der Waals surface area contributed by atoms with Crippen LogP contribution in [0.4, 0.5) is 4.79 Å². The van der Waals surface area contributed by atoms with Crippen molar-refractivity contribution in [3.63, 3.8) is 0 Å². The van der Waals surface area contributed by atoms with Gasteiger partial charge in [-0.25, -0.2) is 17.9 Å². The molecule has 3 atom stereocenters. The van der Waals surface area contributed by atoms with E-state index in [9.17, 15) is 18.0 Å². The number of fused-ring (bicyclic) bond motifs is 1. The number of benzene rings is 4. The maximum atomic E-state index is 14.8. The molecule has 326 valence electrons. The number of amides is 2.